The Morgan fingerprint density at radius 2 is 2.08 bits per heavy atom. The van der Waals surface area contributed by atoms with Gasteiger partial charge in [0.1, 0.15) is 5.82 Å². The van der Waals surface area contributed by atoms with Crippen LogP contribution in [0.25, 0.3) is 0 Å². The lowest BCUT2D eigenvalue weighted by molar-refractivity contribution is 0.925. The minimum atomic E-state index is 0.458. The monoisotopic (exact) mass is 213 g/mol. The molecule has 0 radical (unpaired) electrons. The zero-order valence-electron chi connectivity index (χ0n) is 7.14. The molecular formula is C8H11N3S2. The second kappa shape index (κ2) is 4.19. The van der Waals surface area contributed by atoms with Crippen molar-refractivity contribution in [3.8, 4) is 0 Å². The SMILES string of the molecule is Nc1cnc(C2CSCCS2)nc1. The molecule has 0 amide bonds. The van der Waals surface area contributed by atoms with Crippen molar-refractivity contribution in [2.75, 3.05) is 23.0 Å². The molecule has 1 aromatic rings. The van der Waals surface area contributed by atoms with Crippen molar-refractivity contribution in [3.05, 3.63) is 18.2 Å². The van der Waals surface area contributed by atoms with Crippen molar-refractivity contribution in [1.82, 2.24) is 9.97 Å². The average Bonchev–Trinajstić information content (AvgIpc) is 2.20. The molecule has 0 aromatic carbocycles. The van der Waals surface area contributed by atoms with E-state index in [1.807, 2.05) is 23.5 Å². The van der Waals surface area contributed by atoms with Gasteiger partial charge < -0.3 is 5.73 Å². The molecular weight excluding hydrogens is 202 g/mol. The summed E-state index contributed by atoms with van der Waals surface area (Å²) < 4.78 is 0. The Kier molecular flexibility index (Phi) is 2.95. The molecule has 1 atom stereocenters. The summed E-state index contributed by atoms with van der Waals surface area (Å²) in [7, 11) is 0. The first-order valence-corrected chi connectivity index (χ1v) is 6.33. The van der Waals surface area contributed by atoms with Gasteiger partial charge in [-0.1, -0.05) is 0 Å². The average molecular weight is 213 g/mol. The summed E-state index contributed by atoms with van der Waals surface area (Å²) >= 11 is 3.91. The number of hydrogen-bond donors (Lipinski definition) is 1. The second-order valence-electron chi connectivity index (χ2n) is 2.81. The first kappa shape index (κ1) is 9.15. The van der Waals surface area contributed by atoms with E-state index in [0.717, 1.165) is 11.6 Å². The first-order chi connectivity index (χ1) is 6.36. The van der Waals surface area contributed by atoms with Crippen LogP contribution in [0.5, 0.6) is 0 Å². The van der Waals surface area contributed by atoms with Crippen LogP contribution in [0.15, 0.2) is 12.4 Å². The predicted molar refractivity (Wildman–Crippen MR) is 59.0 cm³/mol. The molecule has 1 aliphatic rings. The number of nitrogens with zero attached hydrogens (tertiary/aromatic N) is 2. The number of nitrogen functional groups attached to an aromatic ring is 1. The smallest absolute Gasteiger partial charge is 0.142 e. The van der Waals surface area contributed by atoms with E-state index >= 15 is 0 Å². The Morgan fingerprint density at radius 1 is 1.31 bits per heavy atom. The fourth-order valence-electron chi connectivity index (χ4n) is 1.15. The van der Waals surface area contributed by atoms with Gasteiger partial charge in [0.25, 0.3) is 0 Å². The first-order valence-electron chi connectivity index (χ1n) is 4.13. The second-order valence-corrected chi connectivity index (χ2v) is 5.27. The standard InChI is InChI=1S/C8H11N3S2/c9-6-3-10-8(11-4-6)7-5-12-1-2-13-7/h3-4,7H,1-2,5,9H2. The van der Waals surface area contributed by atoms with Crippen LogP contribution in [0.4, 0.5) is 5.69 Å². The van der Waals surface area contributed by atoms with Crippen LogP contribution in [0, 0.1) is 0 Å². The minimum Gasteiger partial charge on any atom is -0.396 e. The third-order valence-electron chi connectivity index (χ3n) is 1.80. The maximum Gasteiger partial charge on any atom is 0.142 e. The van der Waals surface area contributed by atoms with Gasteiger partial charge >= 0.3 is 0 Å². The molecule has 0 bridgehead atoms. The summed E-state index contributed by atoms with van der Waals surface area (Å²) in [6, 6.07) is 0. The van der Waals surface area contributed by atoms with Crippen LogP contribution in [-0.4, -0.2) is 27.2 Å². The van der Waals surface area contributed by atoms with Crippen LogP contribution >= 0.6 is 23.5 Å². The number of rotatable bonds is 1. The zero-order valence-corrected chi connectivity index (χ0v) is 8.77. The molecule has 3 nitrogen and oxygen atoms in total. The van der Waals surface area contributed by atoms with E-state index in [9.17, 15) is 0 Å². The summed E-state index contributed by atoms with van der Waals surface area (Å²) in [5.41, 5.74) is 6.16. The van der Waals surface area contributed by atoms with Crippen LogP contribution in [0.3, 0.4) is 0 Å². The highest BCUT2D eigenvalue weighted by atomic mass is 32.2. The van der Waals surface area contributed by atoms with Crippen LogP contribution in [0.1, 0.15) is 11.1 Å². The van der Waals surface area contributed by atoms with Crippen molar-refractivity contribution in [3.63, 3.8) is 0 Å². The van der Waals surface area contributed by atoms with Crippen molar-refractivity contribution < 1.29 is 0 Å². The lowest BCUT2D eigenvalue weighted by atomic mass is 10.4. The van der Waals surface area contributed by atoms with Gasteiger partial charge in [-0.05, 0) is 0 Å². The zero-order chi connectivity index (χ0) is 9.10. The number of aromatic nitrogens is 2. The van der Waals surface area contributed by atoms with Crippen molar-refractivity contribution in [2.24, 2.45) is 0 Å². The fraction of sp³-hybridized carbons (Fsp3) is 0.500. The van der Waals surface area contributed by atoms with Crippen LogP contribution in [-0.2, 0) is 0 Å². The normalized spacial score (nSPS) is 22.9. The Balaban J connectivity index is 2.10. The third kappa shape index (κ3) is 2.28. The molecule has 2 heterocycles. The highest BCUT2D eigenvalue weighted by Gasteiger charge is 2.18. The van der Waals surface area contributed by atoms with Gasteiger partial charge in [-0.15, -0.1) is 11.8 Å². The number of nitrogens with two attached hydrogens (primary N) is 1. The van der Waals surface area contributed by atoms with Crippen LogP contribution < -0.4 is 5.73 Å². The number of thioether (sulfide) groups is 2. The fourth-order valence-corrected chi connectivity index (χ4v) is 3.77. The molecule has 1 aromatic heterocycles. The molecule has 1 unspecified atom stereocenters. The molecule has 13 heavy (non-hydrogen) atoms. The summed E-state index contributed by atoms with van der Waals surface area (Å²) in [6.45, 7) is 0. The number of hydrogen-bond acceptors (Lipinski definition) is 5. The third-order valence-corrected chi connectivity index (χ3v) is 4.55. The molecule has 1 saturated heterocycles. The quantitative estimate of drug-likeness (QED) is 0.767. The van der Waals surface area contributed by atoms with Crippen molar-refractivity contribution >= 4 is 29.2 Å². The molecule has 1 aliphatic heterocycles. The van der Waals surface area contributed by atoms with E-state index in [2.05, 4.69) is 9.97 Å². The summed E-state index contributed by atoms with van der Waals surface area (Å²) in [4.78, 5) is 8.46. The molecule has 0 aliphatic carbocycles. The lowest BCUT2D eigenvalue weighted by Crippen LogP contribution is -2.10. The Labute approximate surface area is 85.9 Å². The van der Waals surface area contributed by atoms with E-state index < -0.39 is 0 Å². The Bertz CT molecular complexity index is 269. The highest BCUT2D eigenvalue weighted by Crippen LogP contribution is 2.34. The van der Waals surface area contributed by atoms with Gasteiger partial charge in [-0.25, -0.2) is 9.97 Å². The Morgan fingerprint density at radius 3 is 2.69 bits per heavy atom. The van der Waals surface area contributed by atoms with Gasteiger partial charge in [-0.3, -0.25) is 0 Å². The van der Waals surface area contributed by atoms with Gasteiger partial charge in [0.2, 0.25) is 0 Å². The summed E-state index contributed by atoms with van der Waals surface area (Å²) in [6.07, 6.45) is 3.37. The van der Waals surface area contributed by atoms with Crippen LogP contribution in [0.2, 0.25) is 0 Å². The molecule has 0 saturated carbocycles. The molecule has 70 valence electrons. The van der Waals surface area contributed by atoms with Crippen molar-refractivity contribution in [1.29, 1.82) is 0 Å². The molecule has 2 rings (SSSR count). The lowest BCUT2D eigenvalue weighted by Gasteiger charge is -2.19. The molecule has 2 N–H and O–H groups in total. The van der Waals surface area contributed by atoms with E-state index in [0.29, 0.717) is 10.9 Å². The summed E-state index contributed by atoms with van der Waals surface area (Å²) in [5.74, 6) is 4.49. The number of anilines is 1. The minimum absolute atomic E-state index is 0.458. The van der Waals surface area contributed by atoms with Gasteiger partial charge in [0, 0.05) is 17.3 Å². The highest BCUT2D eigenvalue weighted by molar-refractivity contribution is 8.06. The maximum atomic E-state index is 5.52. The van der Waals surface area contributed by atoms with Crippen molar-refractivity contribution in [2.45, 2.75) is 5.25 Å². The topological polar surface area (TPSA) is 51.8 Å². The largest absolute Gasteiger partial charge is 0.396 e. The Hall–Kier alpha value is -0.420. The predicted octanol–water partition coefficient (Wildman–Crippen LogP) is 1.58. The van der Waals surface area contributed by atoms with Gasteiger partial charge in [-0.2, -0.15) is 11.8 Å². The van der Waals surface area contributed by atoms with E-state index in [4.69, 9.17) is 5.73 Å². The van der Waals surface area contributed by atoms with E-state index in [1.54, 1.807) is 12.4 Å². The molecule has 0 spiro atoms. The van der Waals surface area contributed by atoms with Gasteiger partial charge in [0.15, 0.2) is 0 Å². The molecule has 1 fully saturated rings. The van der Waals surface area contributed by atoms with Gasteiger partial charge in [0.05, 0.1) is 23.3 Å². The maximum absolute atomic E-state index is 5.52. The van der Waals surface area contributed by atoms with E-state index in [-0.39, 0.29) is 0 Å². The molecule has 5 heteroatoms. The van der Waals surface area contributed by atoms with E-state index in [1.165, 1.54) is 11.5 Å². The summed E-state index contributed by atoms with van der Waals surface area (Å²) in [5, 5.41) is 0.458.